The number of hydrogen-bond donors (Lipinski definition) is 2. The molecule has 152 valence electrons. The fraction of sp³-hybridized carbons (Fsp3) is 0.130. The van der Waals surface area contributed by atoms with Gasteiger partial charge in [-0.1, -0.05) is 35.9 Å². The number of urea groups is 1. The quantitative estimate of drug-likeness (QED) is 0.463. The molecule has 0 unspecified atom stereocenters. The van der Waals surface area contributed by atoms with Crippen molar-refractivity contribution in [2.24, 2.45) is 0 Å². The van der Waals surface area contributed by atoms with E-state index in [1.807, 2.05) is 90.1 Å². The van der Waals surface area contributed by atoms with Gasteiger partial charge in [0.1, 0.15) is 5.82 Å². The lowest BCUT2D eigenvalue weighted by Crippen LogP contribution is -2.29. The molecule has 4 rings (SSSR count). The van der Waals surface area contributed by atoms with Crippen LogP contribution >= 0.6 is 11.6 Å². The van der Waals surface area contributed by atoms with Crippen molar-refractivity contribution in [3.05, 3.63) is 94.9 Å². The van der Waals surface area contributed by atoms with Crippen LogP contribution in [0.1, 0.15) is 16.8 Å². The number of rotatable bonds is 5. The van der Waals surface area contributed by atoms with E-state index in [2.05, 4.69) is 10.6 Å². The molecule has 2 heterocycles. The number of aryl methyl sites for hydroxylation is 2. The number of hydrogen-bond acceptors (Lipinski definition) is 2. The first-order valence-electron chi connectivity index (χ1n) is 9.61. The highest BCUT2D eigenvalue weighted by atomic mass is 35.5. The molecule has 0 bridgehead atoms. The maximum atomic E-state index is 12.5. The van der Waals surface area contributed by atoms with Gasteiger partial charge >= 0.3 is 6.03 Å². The fourth-order valence-corrected chi connectivity index (χ4v) is 3.58. The maximum absolute atomic E-state index is 12.5. The lowest BCUT2D eigenvalue weighted by Gasteiger charge is -2.13. The summed E-state index contributed by atoms with van der Waals surface area (Å²) in [6.07, 6.45) is 3.93. The molecule has 6 nitrogen and oxygen atoms in total. The number of amides is 2. The van der Waals surface area contributed by atoms with Gasteiger partial charge in [0.05, 0.1) is 28.6 Å². The Morgan fingerprint density at radius 3 is 2.47 bits per heavy atom. The van der Waals surface area contributed by atoms with Crippen LogP contribution in [0.2, 0.25) is 5.02 Å². The lowest BCUT2D eigenvalue weighted by molar-refractivity contribution is 0.251. The Hall–Kier alpha value is -3.51. The third-order valence-electron chi connectivity index (χ3n) is 4.81. The molecule has 0 aliphatic carbocycles. The van der Waals surface area contributed by atoms with Crippen molar-refractivity contribution in [2.75, 3.05) is 5.32 Å². The summed E-state index contributed by atoms with van der Waals surface area (Å²) in [5, 5.41) is 11.0. The minimum absolute atomic E-state index is 0.321. The van der Waals surface area contributed by atoms with E-state index in [4.69, 9.17) is 16.7 Å². The third-order valence-corrected chi connectivity index (χ3v) is 5.12. The fourth-order valence-electron chi connectivity index (χ4n) is 3.30. The van der Waals surface area contributed by atoms with E-state index in [0.29, 0.717) is 17.3 Å². The second-order valence-corrected chi connectivity index (χ2v) is 7.42. The summed E-state index contributed by atoms with van der Waals surface area (Å²) in [5.74, 6) is 0.886. The van der Waals surface area contributed by atoms with Crippen molar-refractivity contribution in [1.82, 2.24) is 19.7 Å². The van der Waals surface area contributed by atoms with E-state index in [-0.39, 0.29) is 6.03 Å². The molecule has 0 aliphatic heterocycles. The Bertz CT molecular complexity index is 1170. The van der Waals surface area contributed by atoms with Gasteiger partial charge in [-0.25, -0.2) is 9.48 Å². The van der Waals surface area contributed by atoms with Crippen molar-refractivity contribution in [3.63, 3.8) is 0 Å². The van der Waals surface area contributed by atoms with E-state index in [1.54, 1.807) is 6.07 Å². The number of anilines is 1. The third kappa shape index (κ3) is 4.09. The monoisotopic (exact) mass is 419 g/mol. The van der Waals surface area contributed by atoms with Gasteiger partial charge in [0, 0.05) is 18.0 Å². The second-order valence-electron chi connectivity index (χ2n) is 7.02. The topological polar surface area (TPSA) is 63.9 Å². The maximum Gasteiger partial charge on any atom is 0.319 e. The summed E-state index contributed by atoms with van der Waals surface area (Å²) < 4.78 is 3.89. The summed E-state index contributed by atoms with van der Waals surface area (Å²) in [5.41, 5.74) is 4.33. The predicted octanol–water partition coefficient (Wildman–Crippen LogP) is 5.25. The largest absolute Gasteiger partial charge is 0.334 e. The molecule has 4 aromatic rings. The molecule has 7 heteroatoms. The van der Waals surface area contributed by atoms with Crippen LogP contribution in [0.3, 0.4) is 0 Å². The van der Waals surface area contributed by atoms with E-state index < -0.39 is 0 Å². The molecule has 0 saturated heterocycles. The minimum atomic E-state index is -0.328. The van der Waals surface area contributed by atoms with Gasteiger partial charge in [-0.2, -0.15) is 5.10 Å². The van der Waals surface area contributed by atoms with Crippen LogP contribution in [0.25, 0.3) is 11.5 Å². The smallest absolute Gasteiger partial charge is 0.319 e. The standard InChI is InChI=1S/C23H22ClN5O/c1-16-10-11-21(20(24)14-16)26-23(30)25-15-19-17(2)27-29(18-8-4-3-5-9-18)22(19)28-12-6-7-13-28/h3-14H,15H2,1-2H3,(H2,25,26,30). The number of halogens is 1. The van der Waals surface area contributed by atoms with Crippen molar-refractivity contribution >= 4 is 23.3 Å². The van der Waals surface area contributed by atoms with Crippen LogP contribution in [0.15, 0.2) is 73.1 Å². The first-order chi connectivity index (χ1) is 14.5. The van der Waals surface area contributed by atoms with E-state index >= 15 is 0 Å². The first kappa shape index (κ1) is 19.8. The van der Waals surface area contributed by atoms with Gasteiger partial charge in [0.25, 0.3) is 0 Å². The van der Waals surface area contributed by atoms with Crippen LogP contribution in [-0.4, -0.2) is 20.4 Å². The molecular weight excluding hydrogens is 398 g/mol. The molecule has 2 aromatic carbocycles. The highest BCUT2D eigenvalue weighted by Gasteiger charge is 2.18. The first-order valence-corrected chi connectivity index (χ1v) is 9.99. The van der Waals surface area contributed by atoms with Crippen molar-refractivity contribution in [2.45, 2.75) is 20.4 Å². The molecule has 0 aliphatic rings. The Morgan fingerprint density at radius 1 is 1.03 bits per heavy atom. The van der Waals surface area contributed by atoms with Crippen LogP contribution in [0.4, 0.5) is 10.5 Å². The molecule has 0 fully saturated rings. The van der Waals surface area contributed by atoms with Gasteiger partial charge < -0.3 is 15.2 Å². The van der Waals surface area contributed by atoms with Crippen LogP contribution in [0, 0.1) is 13.8 Å². The summed E-state index contributed by atoms with van der Waals surface area (Å²) in [6, 6.07) is 19.0. The van der Waals surface area contributed by atoms with Gasteiger partial charge in [-0.15, -0.1) is 0 Å². The summed E-state index contributed by atoms with van der Waals surface area (Å²) in [7, 11) is 0. The Kier molecular flexibility index (Phi) is 5.59. The number of nitrogens with one attached hydrogen (secondary N) is 2. The number of aromatic nitrogens is 3. The van der Waals surface area contributed by atoms with E-state index in [0.717, 1.165) is 28.3 Å². The molecular formula is C23H22ClN5O. The minimum Gasteiger partial charge on any atom is -0.334 e. The van der Waals surface area contributed by atoms with Crippen LogP contribution in [0.5, 0.6) is 0 Å². The zero-order valence-electron chi connectivity index (χ0n) is 16.8. The molecule has 0 atom stereocenters. The summed E-state index contributed by atoms with van der Waals surface area (Å²) in [4.78, 5) is 12.5. The summed E-state index contributed by atoms with van der Waals surface area (Å²) in [6.45, 7) is 4.21. The normalized spacial score (nSPS) is 10.8. The van der Waals surface area contributed by atoms with Gasteiger partial charge in [-0.3, -0.25) is 0 Å². The number of carbonyl (C=O) groups excluding carboxylic acids is 1. The van der Waals surface area contributed by atoms with Crippen molar-refractivity contribution in [1.29, 1.82) is 0 Å². The van der Waals surface area contributed by atoms with E-state index in [1.165, 1.54) is 0 Å². The predicted molar refractivity (Wildman–Crippen MR) is 120 cm³/mol. The van der Waals surface area contributed by atoms with Crippen molar-refractivity contribution in [3.8, 4) is 11.5 Å². The zero-order valence-corrected chi connectivity index (χ0v) is 17.5. The average Bonchev–Trinajstić information content (AvgIpc) is 3.37. The number of nitrogens with zero attached hydrogens (tertiary/aromatic N) is 3. The van der Waals surface area contributed by atoms with Crippen LogP contribution < -0.4 is 10.6 Å². The average molecular weight is 420 g/mol. The molecule has 0 radical (unpaired) electrons. The SMILES string of the molecule is Cc1ccc(NC(=O)NCc2c(C)nn(-c3ccccc3)c2-n2cccc2)c(Cl)c1. The molecule has 0 spiro atoms. The molecule has 2 aromatic heterocycles. The van der Waals surface area contributed by atoms with Crippen molar-refractivity contribution < 1.29 is 4.79 Å². The van der Waals surface area contributed by atoms with Gasteiger partial charge in [0.2, 0.25) is 0 Å². The van der Waals surface area contributed by atoms with Gasteiger partial charge in [-0.05, 0) is 55.8 Å². The number of carbonyl (C=O) groups is 1. The zero-order chi connectivity index (χ0) is 21.1. The highest BCUT2D eigenvalue weighted by molar-refractivity contribution is 6.33. The lowest BCUT2D eigenvalue weighted by atomic mass is 10.2. The Morgan fingerprint density at radius 2 is 1.77 bits per heavy atom. The van der Waals surface area contributed by atoms with Gasteiger partial charge in [0.15, 0.2) is 0 Å². The van der Waals surface area contributed by atoms with E-state index in [9.17, 15) is 4.79 Å². The Balaban J connectivity index is 1.60. The molecule has 2 N–H and O–H groups in total. The van der Waals surface area contributed by atoms with Crippen LogP contribution in [-0.2, 0) is 6.54 Å². The molecule has 30 heavy (non-hydrogen) atoms. The molecule has 0 saturated carbocycles. The summed E-state index contributed by atoms with van der Waals surface area (Å²) >= 11 is 6.22. The highest BCUT2D eigenvalue weighted by Crippen LogP contribution is 2.24. The second kappa shape index (κ2) is 8.47. The number of benzene rings is 2. The molecule has 2 amide bonds. The number of para-hydroxylation sites is 1. The Labute approximate surface area is 180 Å².